The number of carbonyl (C=O) groups is 1. The molecule has 0 unspecified atom stereocenters. The molecular formula is C25H36N4O. The standard InChI is InChI=1S/C25H36N4O/c1-19-17-24(20(2)29(19)23-7-5-4-6-8-23)25(30)18-26-21-9-11-22(12-10-21)28-15-13-27(3)14-16-28/h9-12,17,23,26H,4-8,13-16,18H2,1-3H3. The molecule has 0 atom stereocenters. The van der Waals surface area contributed by atoms with Gasteiger partial charge in [0.15, 0.2) is 5.78 Å². The van der Waals surface area contributed by atoms with E-state index in [2.05, 4.69) is 70.9 Å². The zero-order valence-corrected chi connectivity index (χ0v) is 18.8. The molecule has 2 heterocycles. The molecule has 162 valence electrons. The van der Waals surface area contributed by atoms with Crippen molar-refractivity contribution in [3.8, 4) is 0 Å². The van der Waals surface area contributed by atoms with Crippen LogP contribution in [0.1, 0.15) is 59.9 Å². The third-order valence-electron chi connectivity index (χ3n) is 6.91. The highest BCUT2D eigenvalue weighted by molar-refractivity contribution is 6.00. The molecule has 0 radical (unpaired) electrons. The van der Waals surface area contributed by atoms with Gasteiger partial charge in [-0.15, -0.1) is 0 Å². The van der Waals surface area contributed by atoms with E-state index in [9.17, 15) is 4.79 Å². The Morgan fingerprint density at radius 1 is 1.00 bits per heavy atom. The summed E-state index contributed by atoms with van der Waals surface area (Å²) < 4.78 is 2.41. The van der Waals surface area contributed by atoms with E-state index in [1.54, 1.807) is 0 Å². The highest BCUT2D eigenvalue weighted by Crippen LogP contribution is 2.32. The van der Waals surface area contributed by atoms with Crippen LogP contribution in [-0.2, 0) is 0 Å². The number of aryl methyl sites for hydroxylation is 1. The number of rotatable bonds is 6. The molecular weight excluding hydrogens is 372 g/mol. The Kier molecular flexibility index (Phi) is 6.47. The summed E-state index contributed by atoms with van der Waals surface area (Å²) in [6, 6.07) is 11.2. The van der Waals surface area contributed by atoms with Crippen molar-refractivity contribution < 1.29 is 4.79 Å². The number of hydrogen-bond donors (Lipinski definition) is 1. The van der Waals surface area contributed by atoms with Gasteiger partial charge in [0, 0.05) is 60.5 Å². The van der Waals surface area contributed by atoms with Crippen LogP contribution in [0.2, 0.25) is 0 Å². The number of carbonyl (C=O) groups excluding carboxylic acids is 1. The van der Waals surface area contributed by atoms with Gasteiger partial charge in [-0.2, -0.15) is 0 Å². The summed E-state index contributed by atoms with van der Waals surface area (Å²) in [6.45, 7) is 8.93. The van der Waals surface area contributed by atoms with Gasteiger partial charge in [0.2, 0.25) is 0 Å². The molecule has 1 aliphatic carbocycles. The number of benzene rings is 1. The fourth-order valence-electron chi connectivity index (χ4n) is 5.09. The van der Waals surface area contributed by atoms with Gasteiger partial charge in [0.25, 0.3) is 0 Å². The Bertz CT molecular complexity index is 856. The number of likely N-dealkylation sites (N-methyl/N-ethyl adjacent to an activating group) is 1. The summed E-state index contributed by atoms with van der Waals surface area (Å²) in [6.07, 6.45) is 6.43. The fraction of sp³-hybridized carbons (Fsp3) is 0.560. The van der Waals surface area contributed by atoms with Crippen molar-refractivity contribution in [1.82, 2.24) is 9.47 Å². The first-order valence-electron chi connectivity index (χ1n) is 11.5. The lowest BCUT2D eigenvalue weighted by Gasteiger charge is -2.34. The minimum absolute atomic E-state index is 0.174. The van der Waals surface area contributed by atoms with Crippen molar-refractivity contribution in [2.75, 3.05) is 50.0 Å². The van der Waals surface area contributed by atoms with Crippen molar-refractivity contribution in [2.45, 2.75) is 52.0 Å². The van der Waals surface area contributed by atoms with Crippen LogP contribution < -0.4 is 10.2 Å². The predicted octanol–water partition coefficient (Wildman–Crippen LogP) is 4.66. The van der Waals surface area contributed by atoms with Gasteiger partial charge >= 0.3 is 0 Å². The van der Waals surface area contributed by atoms with Gasteiger partial charge in [0.05, 0.1) is 6.54 Å². The van der Waals surface area contributed by atoms with E-state index >= 15 is 0 Å². The molecule has 2 aromatic rings. The molecule has 0 spiro atoms. The van der Waals surface area contributed by atoms with Crippen LogP contribution in [-0.4, -0.2) is 55.0 Å². The van der Waals surface area contributed by atoms with E-state index in [1.807, 2.05) is 0 Å². The molecule has 30 heavy (non-hydrogen) atoms. The molecule has 5 heteroatoms. The van der Waals surface area contributed by atoms with Crippen LogP contribution in [0.25, 0.3) is 0 Å². The van der Waals surface area contributed by atoms with Crippen LogP contribution in [0.5, 0.6) is 0 Å². The second-order valence-electron chi connectivity index (χ2n) is 9.06. The maximum absolute atomic E-state index is 12.9. The van der Waals surface area contributed by atoms with Gasteiger partial charge in [-0.25, -0.2) is 0 Å². The maximum Gasteiger partial charge on any atom is 0.183 e. The third kappa shape index (κ3) is 4.56. The van der Waals surface area contributed by atoms with Crippen molar-refractivity contribution in [2.24, 2.45) is 0 Å². The van der Waals surface area contributed by atoms with Crippen LogP contribution in [0.4, 0.5) is 11.4 Å². The number of Topliss-reactive ketones (excluding diaryl/α,β-unsaturated/α-hetero) is 1. The topological polar surface area (TPSA) is 40.5 Å². The Labute approximate surface area is 181 Å². The first-order chi connectivity index (χ1) is 14.5. The minimum Gasteiger partial charge on any atom is -0.378 e. The molecule has 1 N–H and O–H groups in total. The van der Waals surface area contributed by atoms with Gasteiger partial charge in [-0.3, -0.25) is 4.79 Å². The van der Waals surface area contributed by atoms with Gasteiger partial charge in [-0.1, -0.05) is 19.3 Å². The molecule has 0 bridgehead atoms. The molecule has 1 saturated heterocycles. The van der Waals surface area contributed by atoms with E-state index in [1.165, 1.54) is 43.5 Å². The molecule has 1 aromatic heterocycles. The predicted molar refractivity (Wildman–Crippen MR) is 125 cm³/mol. The van der Waals surface area contributed by atoms with E-state index in [0.717, 1.165) is 43.1 Å². The van der Waals surface area contributed by atoms with Crippen molar-refractivity contribution >= 4 is 17.2 Å². The number of aromatic nitrogens is 1. The Hall–Kier alpha value is -2.27. The Balaban J connectivity index is 1.36. The van der Waals surface area contributed by atoms with Gasteiger partial charge in [-0.05, 0) is 64.1 Å². The largest absolute Gasteiger partial charge is 0.378 e. The monoisotopic (exact) mass is 408 g/mol. The average molecular weight is 409 g/mol. The minimum atomic E-state index is 0.174. The van der Waals surface area contributed by atoms with Crippen LogP contribution in [0.3, 0.4) is 0 Å². The Morgan fingerprint density at radius 2 is 1.67 bits per heavy atom. The number of hydrogen-bond acceptors (Lipinski definition) is 4. The molecule has 2 fully saturated rings. The zero-order chi connectivity index (χ0) is 21.1. The molecule has 2 aliphatic rings. The van der Waals surface area contributed by atoms with Gasteiger partial charge in [0.1, 0.15) is 0 Å². The molecule has 5 nitrogen and oxygen atoms in total. The molecule has 1 aliphatic heterocycles. The van der Waals surface area contributed by atoms with Crippen LogP contribution >= 0.6 is 0 Å². The normalized spacial score (nSPS) is 18.6. The molecule has 1 saturated carbocycles. The first-order valence-corrected chi connectivity index (χ1v) is 11.5. The number of piperazine rings is 1. The van der Waals surface area contributed by atoms with E-state index in [-0.39, 0.29) is 5.78 Å². The summed E-state index contributed by atoms with van der Waals surface area (Å²) in [5.74, 6) is 0.174. The van der Waals surface area contributed by atoms with Crippen molar-refractivity contribution in [1.29, 1.82) is 0 Å². The second kappa shape index (κ2) is 9.25. The summed E-state index contributed by atoms with van der Waals surface area (Å²) in [5.41, 5.74) is 5.49. The fourth-order valence-corrected chi connectivity index (χ4v) is 5.09. The number of nitrogens with one attached hydrogen (secondary N) is 1. The molecule has 0 amide bonds. The number of ketones is 1. The van der Waals surface area contributed by atoms with E-state index < -0.39 is 0 Å². The lowest BCUT2D eigenvalue weighted by molar-refractivity contribution is 0.100. The average Bonchev–Trinajstić information content (AvgIpc) is 3.07. The number of anilines is 2. The zero-order valence-electron chi connectivity index (χ0n) is 18.8. The number of nitrogens with zero attached hydrogens (tertiary/aromatic N) is 3. The Morgan fingerprint density at radius 3 is 2.33 bits per heavy atom. The maximum atomic E-state index is 12.9. The highest BCUT2D eigenvalue weighted by Gasteiger charge is 2.22. The SMILES string of the molecule is Cc1cc(C(=O)CNc2ccc(N3CCN(C)CC3)cc2)c(C)n1C1CCCCC1. The highest BCUT2D eigenvalue weighted by atomic mass is 16.1. The van der Waals surface area contributed by atoms with Crippen molar-refractivity contribution in [3.05, 3.63) is 47.3 Å². The lowest BCUT2D eigenvalue weighted by Crippen LogP contribution is -2.44. The lowest BCUT2D eigenvalue weighted by atomic mass is 9.95. The van der Waals surface area contributed by atoms with E-state index in [4.69, 9.17) is 0 Å². The van der Waals surface area contributed by atoms with Crippen LogP contribution in [0.15, 0.2) is 30.3 Å². The molecule has 1 aromatic carbocycles. The summed E-state index contributed by atoms with van der Waals surface area (Å²) in [4.78, 5) is 17.7. The van der Waals surface area contributed by atoms with E-state index in [0.29, 0.717) is 12.6 Å². The van der Waals surface area contributed by atoms with Crippen LogP contribution in [0, 0.1) is 13.8 Å². The smallest absolute Gasteiger partial charge is 0.183 e. The third-order valence-corrected chi connectivity index (χ3v) is 6.91. The van der Waals surface area contributed by atoms with Crippen molar-refractivity contribution in [3.63, 3.8) is 0 Å². The quantitative estimate of drug-likeness (QED) is 0.706. The first kappa shape index (κ1) is 21.0. The molecule has 4 rings (SSSR count). The summed E-state index contributed by atoms with van der Waals surface area (Å²) in [7, 11) is 2.17. The van der Waals surface area contributed by atoms with Gasteiger partial charge < -0.3 is 19.7 Å². The second-order valence-corrected chi connectivity index (χ2v) is 9.06. The summed E-state index contributed by atoms with van der Waals surface area (Å²) >= 11 is 0. The summed E-state index contributed by atoms with van der Waals surface area (Å²) in [5, 5.41) is 3.33.